The Kier molecular flexibility index (Phi) is 4.83. The Morgan fingerprint density at radius 2 is 2.20 bits per heavy atom. The van der Waals surface area contributed by atoms with Crippen LogP contribution in [0.3, 0.4) is 0 Å². The SMILES string of the molecule is Cc1cccc(C(C)N2CCCC(CS(N)(=O)=O)C2)c1. The molecule has 1 saturated heterocycles. The highest BCUT2D eigenvalue weighted by Crippen LogP contribution is 2.27. The number of nitrogens with two attached hydrogens (primary N) is 1. The Balaban J connectivity index is 2.05. The first-order chi connectivity index (χ1) is 9.35. The molecule has 1 aliphatic heterocycles. The van der Waals surface area contributed by atoms with Crippen LogP contribution in [0.2, 0.25) is 0 Å². The first-order valence-corrected chi connectivity index (χ1v) is 8.88. The molecule has 0 radical (unpaired) electrons. The van der Waals surface area contributed by atoms with Gasteiger partial charge in [0.2, 0.25) is 10.0 Å². The van der Waals surface area contributed by atoms with Crippen molar-refractivity contribution in [2.45, 2.75) is 32.7 Å². The van der Waals surface area contributed by atoms with E-state index in [1.807, 2.05) is 0 Å². The second-order valence-corrected chi connectivity index (χ2v) is 7.58. The van der Waals surface area contributed by atoms with E-state index in [1.165, 1.54) is 11.1 Å². The van der Waals surface area contributed by atoms with Crippen LogP contribution in [-0.4, -0.2) is 32.2 Å². The predicted octanol–water partition coefficient (Wildman–Crippen LogP) is 2.06. The molecule has 0 aliphatic carbocycles. The molecule has 0 bridgehead atoms. The minimum Gasteiger partial charge on any atom is -0.296 e. The van der Waals surface area contributed by atoms with Gasteiger partial charge in [-0.25, -0.2) is 13.6 Å². The van der Waals surface area contributed by atoms with Gasteiger partial charge in [-0.05, 0) is 44.7 Å². The number of likely N-dealkylation sites (tertiary alicyclic amines) is 1. The Morgan fingerprint density at radius 1 is 1.45 bits per heavy atom. The van der Waals surface area contributed by atoms with E-state index >= 15 is 0 Å². The van der Waals surface area contributed by atoms with Gasteiger partial charge >= 0.3 is 0 Å². The molecule has 20 heavy (non-hydrogen) atoms. The zero-order valence-electron chi connectivity index (χ0n) is 12.2. The molecule has 2 unspecified atom stereocenters. The summed E-state index contributed by atoms with van der Waals surface area (Å²) >= 11 is 0. The molecule has 0 saturated carbocycles. The van der Waals surface area contributed by atoms with Gasteiger partial charge in [0, 0.05) is 12.6 Å². The van der Waals surface area contributed by atoms with Crippen molar-refractivity contribution in [1.29, 1.82) is 0 Å². The van der Waals surface area contributed by atoms with Gasteiger partial charge in [0.1, 0.15) is 0 Å². The van der Waals surface area contributed by atoms with E-state index < -0.39 is 10.0 Å². The Labute approximate surface area is 122 Å². The van der Waals surface area contributed by atoms with E-state index in [2.05, 4.69) is 43.0 Å². The summed E-state index contributed by atoms with van der Waals surface area (Å²) in [5.41, 5.74) is 2.55. The number of rotatable bonds is 4. The normalized spacial score (nSPS) is 22.6. The fourth-order valence-electron chi connectivity index (χ4n) is 3.05. The number of primary sulfonamides is 1. The second-order valence-electron chi connectivity index (χ2n) is 5.92. The number of benzene rings is 1. The van der Waals surface area contributed by atoms with Crippen molar-refractivity contribution < 1.29 is 8.42 Å². The summed E-state index contributed by atoms with van der Waals surface area (Å²) in [5.74, 6) is 0.260. The molecular formula is C15H24N2O2S. The number of hydrogen-bond donors (Lipinski definition) is 1. The van der Waals surface area contributed by atoms with Gasteiger partial charge in [0.05, 0.1) is 5.75 Å². The zero-order chi connectivity index (χ0) is 14.8. The average Bonchev–Trinajstić information content (AvgIpc) is 2.36. The van der Waals surface area contributed by atoms with Crippen molar-refractivity contribution >= 4 is 10.0 Å². The molecule has 1 aromatic carbocycles. The van der Waals surface area contributed by atoms with Crippen LogP contribution in [0.4, 0.5) is 0 Å². The minimum atomic E-state index is -3.37. The molecule has 1 aromatic rings. The quantitative estimate of drug-likeness (QED) is 0.925. The first-order valence-electron chi connectivity index (χ1n) is 7.16. The lowest BCUT2D eigenvalue weighted by molar-refractivity contribution is 0.140. The van der Waals surface area contributed by atoms with Crippen molar-refractivity contribution in [2.75, 3.05) is 18.8 Å². The monoisotopic (exact) mass is 296 g/mol. The maximum absolute atomic E-state index is 11.2. The van der Waals surface area contributed by atoms with Crippen LogP contribution in [0, 0.1) is 12.8 Å². The fourth-order valence-corrected chi connectivity index (χ4v) is 3.98. The largest absolute Gasteiger partial charge is 0.296 e. The van der Waals surface area contributed by atoms with Crippen molar-refractivity contribution in [3.63, 3.8) is 0 Å². The first kappa shape index (κ1) is 15.5. The average molecular weight is 296 g/mol. The van der Waals surface area contributed by atoms with Crippen LogP contribution < -0.4 is 5.14 Å². The third kappa shape index (κ3) is 4.30. The van der Waals surface area contributed by atoms with Crippen molar-refractivity contribution in [3.05, 3.63) is 35.4 Å². The smallest absolute Gasteiger partial charge is 0.209 e. The van der Waals surface area contributed by atoms with Crippen LogP contribution in [0.1, 0.15) is 36.9 Å². The van der Waals surface area contributed by atoms with Crippen LogP contribution in [0.15, 0.2) is 24.3 Å². The van der Waals surface area contributed by atoms with Crippen molar-refractivity contribution in [1.82, 2.24) is 4.90 Å². The maximum atomic E-state index is 11.2. The van der Waals surface area contributed by atoms with E-state index in [0.29, 0.717) is 6.04 Å². The lowest BCUT2D eigenvalue weighted by atomic mass is 9.96. The number of piperidine rings is 1. The van der Waals surface area contributed by atoms with Gasteiger partial charge < -0.3 is 0 Å². The molecule has 0 aromatic heterocycles. The predicted molar refractivity (Wildman–Crippen MR) is 81.9 cm³/mol. The second kappa shape index (κ2) is 6.24. The van der Waals surface area contributed by atoms with Crippen LogP contribution in [0.25, 0.3) is 0 Å². The highest BCUT2D eigenvalue weighted by Gasteiger charge is 2.26. The molecule has 0 amide bonds. The Morgan fingerprint density at radius 3 is 2.85 bits per heavy atom. The van der Waals surface area contributed by atoms with Crippen LogP contribution in [0.5, 0.6) is 0 Å². The summed E-state index contributed by atoms with van der Waals surface area (Å²) in [7, 11) is -3.37. The molecule has 5 heteroatoms. The van der Waals surface area contributed by atoms with Gasteiger partial charge in [0.15, 0.2) is 0 Å². The van der Waals surface area contributed by atoms with Gasteiger partial charge in [0.25, 0.3) is 0 Å². The molecule has 0 spiro atoms. The molecule has 2 N–H and O–H groups in total. The van der Waals surface area contributed by atoms with E-state index in [1.54, 1.807) is 0 Å². The highest BCUT2D eigenvalue weighted by atomic mass is 32.2. The Hall–Kier alpha value is -0.910. The fraction of sp³-hybridized carbons (Fsp3) is 0.600. The van der Waals surface area contributed by atoms with Crippen LogP contribution >= 0.6 is 0 Å². The minimum absolute atomic E-state index is 0.101. The molecule has 2 atom stereocenters. The van der Waals surface area contributed by atoms with Gasteiger partial charge in [-0.3, -0.25) is 4.90 Å². The van der Waals surface area contributed by atoms with Crippen molar-refractivity contribution in [3.8, 4) is 0 Å². The summed E-state index contributed by atoms with van der Waals surface area (Å²) < 4.78 is 22.5. The molecule has 1 fully saturated rings. The Bertz CT molecular complexity index is 557. The molecular weight excluding hydrogens is 272 g/mol. The zero-order valence-corrected chi connectivity index (χ0v) is 13.1. The van der Waals surface area contributed by atoms with Gasteiger partial charge in [-0.2, -0.15) is 0 Å². The third-order valence-electron chi connectivity index (χ3n) is 4.09. The highest BCUT2D eigenvalue weighted by molar-refractivity contribution is 7.89. The number of sulfonamides is 1. The van der Waals surface area contributed by atoms with Crippen LogP contribution in [-0.2, 0) is 10.0 Å². The van der Waals surface area contributed by atoms with Crippen molar-refractivity contribution in [2.24, 2.45) is 11.1 Å². The topological polar surface area (TPSA) is 63.4 Å². The lowest BCUT2D eigenvalue weighted by Crippen LogP contribution is -2.40. The van der Waals surface area contributed by atoms with Gasteiger partial charge in [-0.1, -0.05) is 29.8 Å². The summed E-state index contributed by atoms with van der Waals surface area (Å²) in [4.78, 5) is 2.37. The summed E-state index contributed by atoms with van der Waals surface area (Å²) in [6, 6.07) is 8.83. The molecule has 112 valence electrons. The summed E-state index contributed by atoms with van der Waals surface area (Å²) in [5, 5.41) is 5.17. The van der Waals surface area contributed by atoms with E-state index in [9.17, 15) is 8.42 Å². The van der Waals surface area contributed by atoms with Gasteiger partial charge in [-0.15, -0.1) is 0 Å². The standard InChI is InChI=1S/C15H24N2O2S/c1-12-5-3-7-15(9-12)13(2)17-8-4-6-14(10-17)11-20(16,18)19/h3,5,7,9,13-14H,4,6,8,10-11H2,1-2H3,(H2,16,18,19). The molecule has 1 aliphatic rings. The molecule has 1 heterocycles. The number of aryl methyl sites for hydroxylation is 1. The molecule has 4 nitrogen and oxygen atoms in total. The lowest BCUT2D eigenvalue weighted by Gasteiger charge is -2.36. The summed E-state index contributed by atoms with van der Waals surface area (Å²) in [6.07, 6.45) is 1.99. The number of nitrogens with zero attached hydrogens (tertiary/aromatic N) is 1. The summed E-state index contributed by atoms with van der Waals surface area (Å²) in [6.45, 7) is 6.12. The third-order valence-corrected chi connectivity index (χ3v) is 5.03. The maximum Gasteiger partial charge on any atom is 0.209 e. The van der Waals surface area contributed by atoms with E-state index in [-0.39, 0.29) is 11.7 Å². The number of hydrogen-bond acceptors (Lipinski definition) is 3. The van der Waals surface area contributed by atoms with E-state index in [4.69, 9.17) is 5.14 Å². The van der Waals surface area contributed by atoms with E-state index in [0.717, 1.165) is 25.9 Å². The molecule has 2 rings (SSSR count).